The predicted molar refractivity (Wildman–Crippen MR) is 78.3 cm³/mol. The van der Waals surface area contributed by atoms with Gasteiger partial charge in [-0.2, -0.15) is 0 Å². The van der Waals surface area contributed by atoms with E-state index in [1.165, 1.54) is 0 Å². The molecule has 4 heteroatoms. The van der Waals surface area contributed by atoms with E-state index in [0.717, 1.165) is 15.6 Å². The topological polar surface area (TPSA) is 0 Å². The van der Waals surface area contributed by atoms with E-state index in [2.05, 4.69) is 15.9 Å². The predicted octanol–water partition coefficient (Wildman–Crippen LogP) is 6.08. The Kier molecular flexibility index (Phi) is 4.37. The molecule has 0 aliphatic rings. The lowest BCUT2D eigenvalue weighted by molar-refractivity contribution is 1.14. The first-order valence-corrected chi connectivity index (χ1v) is 6.91. The highest BCUT2D eigenvalue weighted by Gasteiger charge is 2.14. The van der Waals surface area contributed by atoms with Crippen LogP contribution in [0.4, 0.5) is 0 Å². The van der Waals surface area contributed by atoms with Crippen LogP contribution in [0.3, 0.4) is 0 Å². The van der Waals surface area contributed by atoms with Crippen LogP contribution >= 0.6 is 50.7 Å². The fourth-order valence-corrected chi connectivity index (χ4v) is 2.82. The molecule has 1 atom stereocenters. The van der Waals surface area contributed by atoms with Crippen molar-refractivity contribution in [1.82, 2.24) is 0 Å². The van der Waals surface area contributed by atoms with Gasteiger partial charge in [-0.3, -0.25) is 0 Å². The minimum atomic E-state index is -0.270. The van der Waals surface area contributed by atoms with Crippen LogP contribution < -0.4 is 0 Å². The molecule has 0 saturated heterocycles. The van der Waals surface area contributed by atoms with Crippen LogP contribution in [-0.4, -0.2) is 0 Å². The summed E-state index contributed by atoms with van der Waals surface area (Å²) in [6.07, 6.45) is 0. The van der Waals surface area contributed by atoms with E-state index >= 15 is 0 Å². The van der Waals surface area contributed by atoms with Crippen LogP contribution in [0, 0.1) is 0 Å². The number of rotatable bonds is 2. The van der Waals surface area contributed by atoms with E-state index in [0.29, 0.717) is 10.0 Å². The Balaban J connectivity index is 2.36. The Hall–Kier alpha value is -0.210. The standard InChI is InChI=1S/C13H8BrCl3/c14-9-3-6-11(12(16)7-9)13(17)8-1-4-10(15)5-2-8/h1-7,13H. The molecule has 0 aliphatic carbocycles. The fraction of sp³-hybridized carbons (Fsp3) is 0.0769. The molecule has 0 bridgehead atoms. The molecule has 1 unspecified atom stereocenters. The number of halogens is 4. The van der Waals surface area contributed by atoms with Gasteiger partial charge in [0.05, 0.1) is 5.38 Å². The van der Waals surface area contributed by atoms with E-state index < -0.39 is 0 Å². The van der Waals surface area contributed by atoms with Gasteiger partial charge in [-0.1, -0.05) is 57.3 Å². The van der Waals surface area contributed by atoms with E-state index in [-0.39, 0.29) is 5.38 Å². The van der Waals surface area contributed by atoms with Crippen molar-refractivity contribution in [3.8, 4) is 0 Å². The molecule has 0 fully saturated rings. The molecule has 88 valence electrons. The zero-order chi connectivity index (χ0) is 12.4. The molecule has 2 aromatic rings. The number of benzene rings is 2. The van der Waals surface area contributed by atoms with Gasteiger partial charge in [0.25, 0.3) is 0 Å². The van der Waals surface area contributed by atoms with Crippen molar-refractivity contribution in [2.75, 3.05) is 0 Å². The van der Waals surface area contributed by atoms with Crippen molar-refractivity contribution in [3.63, 3.8) is 0 Å². The lowest BCUT2D eigenvalue weighted by atomic mass is 10.0. The Morgan fingerprint density at radius 3 is 2.18 bits per heavy atom. The molecule has 0 saturated carbocycles. The largest absolute Gasteiger partial charge is 0.113 e. The normalized spacial score (nSPS) is 12.5. The van der Waals surface area contributed by atoms with Gasteiger partial charge < -0.3 is 0 Å². The Morgan fingerprint density at radius 1 is 0.941 bits per heavy atom. The minimum absolute atomic E-state index is 0.270. The molecule has 2 aromatic carbocycles. The molecule has 0 amide bonds. The second-order valence-corrected chi connectivity index (χ2v) is 5.78. The molecule has 0 aliphatic heterocycles. The molecule has 0 spiro atoms. The molecule has 2 rings (SSSR count). The van der Waals surface area contributed by atoms with E-state index in [1.807, 2.05) is 42.5 Å². The van der Waals surface area contributed by atoms with Crippen molar-refractivity contribution >= 4 is 50.7 Å². The molecule has 0 heterocycles. The third-order valence-electron chi connectivity index (χ3n) is 2.40. The zero-order valence-electron chi connectivity index (χ0n) is 8.63. The lowest BCUT2D eigenvalue weighted by Gasteiger charge is -2.12. The maximum Gasteiger partial charge on any atom is 0.0849 e. The first kappa shape index (κ1) is 13.2. The molecule has 0 radical (unpaired) electrons. The fourth-order valence-electron chi connectivity index (χ4n) is 1.52. The SMILES string of the molecule is Clc1ccc(C(Cl)c2ccc(Br)cc2Cl)cc1. The summed E-state index contributed by atoms with van der Waals surface area (Å²) in [6, 6.07) is 13.1. The molecule has 0 nitrogen and oxygen atoms in total. The summed E-state index contributed by atoms with van der Waals surface area (Å²) in [4.78, 5) is 0. The van der Waals surface area contributed by atoms with Crippen LogP contribution in [0.15, 0.2) is 46.9 Å². The summed E-state index contributed by atoms with van der Waals surface area (Å²) >= 11 is 21.8. The summed E-state index contributed by atoms with van der Waals surface area (Å²) in [7, 11) is 0. The van der Waals surface area contributed by atoms with E-state index in [4.69, 9.17) is 34.8 Å². The van der Waals surface area contributed by atoms with Gasteiger partial charge >= 0.3 is 0 Å². The van der Waals surface area contributed by atoms with Crippen LogP contribution in [0.1, 0.15) is 16.5 Å². The Labute approximate surface area is 124 Å². The average Bonchev–Trinajstić information content (AvgIpc) is 2.29. The van der Waals surface area contributed by atoms with Gasteiger partial charge in [-0.25, -0.2) is 0 Å². The quantitative estimate of drug-likeness (QED) is 0.575. The molecular formula is C13H8BrCl3. The molecule has 0 aromatic heterocycles. The number of alkyl halides is 1. The van der Waals surface area contributed by atoms with Crippen molar-refractivity contribution in [2.24, 2.45) is 0 Å². The Bertz CT molecular complexity index is 523. The highest BCUT2D eigenvalue weighted by atomic mass is 79.9. The molecular weight excluding hydrogens is 342 g/mol. The zero-order valence-corrected chi connectivity index (χ0v) is 12.5. The van der Waals surface area contributed by atoms with Gasteiger partial charge in [0.1, 0.15) is 0 Å². The highest BCUT2D eigenvalue weighted by Crippen LogP contribution is 2.35. The van der Waals surface area contributed by atoms with Crippen molar-refractivity contribution in [2.45, 2.75) is 5.38 Å². The molecule has 17 heavy (non-hydrogen) atoms. The summed E-state index contributed by atoms with van der Waals surface area (Å²) in [6.45, 7) is 0. The van der Waals surface area contributed by atoms with E-state index in [9.17, 15) is 0 Å². The van der Waals surface area contributed by atoms with Crippen LogP contribution in [0.2, 0.25) is 10.0 Å². The second-order valence-electron chi connectivity index (χ2n) is 3.58. The van der Waals surface area contributed by atoms with E-state index in [1.54, 1.807) is 0 Å². The summed E-state index contributed by atoms with van der Waals surface area (Å²) in [5, 5.41) is 1.07. The van der Waals surface area contributed by atoms with Gasteiger partial charge in [0.2, 0.25) is 0 Å². The van der Waals surface area contributed by atoms with Gasteiger partial charge in [0.15, 0.2) is 0 Å². The Morgan fingerprint density at radius 2 is 1.59 bits per heavy atom. The maximum atomic E-state index is 6.40. The number of hydrogen-bond donors (Lipinski definition) is 0. The van der Waals surface area contributed by atoms with Crippen molar-refractivity contribution in [3.05, 3.63) is 68.1 Å². The third-order valence-corrected chi connectivity index (χ3v) is 3.96. The number of hydrogen-bond acceptors (Lipinski definition) is 0. The highest BCUT2D eigenvalue weighted by molar-refractivity contribution is 9.10. The maximum absolute atomic E-state index is 6.40. The summed E-state index contributed by atoms with van der Waals surface area (Å²) in [5.74, 6) is 0. The third kappa shape index (κ3) is 3.17. The van der Waals surface area contributed by atoms with Gasteiger partial charge in [-0.15, -0.1) is 11.6 Å². The van der Waals surface area contributed by atoms with Crippen LogP contribution in [-0.2, 0) is 0 Å². The van der Waals surface area contributed by atoms with Gasteiger partial charge in [0, 0.05) is 14.5 Å². The minimum Gasteiger partial charge on any atom is -0.113 e. The lowest BCUT2D eigenvalue weighted by Crippen LogP contribution is -1.94. The first-order valence-electron chi connectivity index (χ1n) is 4.92. The molecule has 0 N–H and O–H groups in total. The van der Waals surface area contributed by atoms with Crippen LogP contribution in [0.25, 0.3) is 0 Å². The summed E-state index contributed by atoms with van der Waals surface area (Å²) in [5.41, 5.74) is 1.86. The first-order chi connectivity index (χ1) is 8.08. The summed E-state index contributed by atoms with van der Waals surface area (Å²) < 4.78 is 0.936. The van der Waals surface area contributed by atoms with Crippen molar-refractivity contribution < 1.29 is 0 Å². The smallest absolute Gasteiger partial charge is 0.0849 e. The van der Waals surface area contributed by atoms with Crippen LogP contribution in [0.5, 0.6) is 0 Å². The average molecular weight is 350 g/mol. The van der Waals surface area contributed by atoms with Gasteiger partial charge in [-0.05, 0) is 35.4 Å². The second kappa shape index (κ2) is 5.62. The van der Waals surface area contributed by atoms with Crippen molar-refractivity contribution in [1.29, 1.82) is 0 Å². The monoisotopic (exact) mass is 348 g/mol.